The van der Waals surface area contributed by atoms with Crippen molar-refractivity contribution in [2.45, 2.75) is 62.0 Å². The lowest BCUT2D eigenvalue weighted by molar-refractivity contribution is 0.0947. The maximum absolute atomic E-state index is 13.4. The van der Waals surface area contributed by atoms with Crippen LogP contribution in [-0.2, 0) is 29.9 Å². The molecule has 4 nitrogen and oxygen atoms in total. The van der Waals surface area contributed by atoms with Crippen LogP contribution in [0.1, 0.15) is 42.5 Å². The van der Waals surface area contributed by atoms with Crippen LogP contribution in [0, 0.1) is 11.6 Å². The molecule has 2 aliphatic rings. The number of fused-ring (bicyclic) bond motifs is 1. The van der Waals surface area contributed by atoms with Crippen LogP contribution < -0.4 is 5.69 Å². The number of ether oxygens (including phenoxy) is 1. The van der Waals surface area contributed by atoms with Crippen LogP contribution in [0.2, 0.25) is 0 Å². The Balaban J connectivity index is 1.61. The minimum absolute atomic E-state index is 0.0873. The van der Waals surface area contributed by atoms with E-state index in [1.807, 2.05) is 0 Å². The van der Waals surface area contributed by atoms with Gasteiger partial charge in [0.2, 0.25) is 0 Å². The Bertz CT molecular complexity index is 874. The van der Waals surface area contributed by atoms with E-state index in [0.29, 0.717) is 22.9 Å². The summed E-state index contributed by atoms with van der Waals surface area (Å²) in [5, 5.41) is 0.697. The van der Waals surface area contributed by atoms with Gasteiger partial charge in [-0.1, -0.05) is 0 Å². The summed E-state index contributed by atoms with van der Waals surface area (Å²) >= 11 is 1.38. The fourth-order valence-corrected chi connectivity index (χ4v) is 4.90. The molecule has 1 aliphatic carbocycles. The molecular weight excluding hydrogens is 370 g/mol. The minimum atomic E-state index is -0.590. The van der Waals surface area contributed by atoms with Gasteiger partial charge in [0, 0.05) is 29.7 Å². The second-order valence-corrected chi connectivity index (χ2v) is 8.11. The zero-order valence-corrected chi connectivity index (χ0v) is 15.9. The summed E-state index contributed by atoms with van der Waals surface area (Å²) in [4.78, 5) is 17.0. The highest BCUT2D eigenvalue weighted by atomic mass is 32.2. The third-order valence-electron chi connectivity index (χ3n) is 5.16. The van der Waals surface area contributed by atoms with E-state index in [-0.39, 0.29) is 11.8 Å². The molecule has 0 amide bonds. The summed E-state index contributed by atoms with van der Waals surface area (Å²) in [6.45, 7) is 1.32. The van der Waals surface area contributed by atoms with Crippen molar-refractivity contribution in [2.75, 3.05) is 6.61 Å². The Morgan fingerprint density at radius 3 is 2.67 bits per heavy atom. The third kappa shape index (κ3) is 4.24. The molecule has 2 heterocycles. The molecule has 0 N–H and O–H groups in total. The highest BCUT2D eigenvalue weighted by molar-refractivity contribution is 7.98. The molecule has 144 valence electrons. The van der Waals surface area contributed by atoms with Crippen LogP contribution >= 0.6 is 11.8 Å². The second kappa shape index (κ2) is 8.10. The standard InChI is InChI=1S/C20H22F2N2O2S/c21-14-8-13(9-15(22)10-14)12-27-19-17-5-1-2-6-18(17)24(20(25)23-19)11-16-4-3-7-26-16/h8-10,16H,1-7,11-12H2. The molecule has 1 fully saturated rings. The van der Waals surface area contributed by atoms with E-state index < -0.39 is 11.6 Å². The average molecular weight is 392 g/mol. The summed E-state index contributed by atoms with van der Waals surface area (Å²) in [6, 6.07) is 3.50. The van der Waals surface area contributed by atoms with Gasteiger partial charge in [0.05, 0.1) is 12.6 Å². The predicted octanol–water partition coefficient (Wildman–Crippen LogP) is 3.87. The number of benzene rings is 1. The molecular formula is C20H22F2N2O2S. The molecule has 1 unspecified atom stereocenters. The Morgan fingerprint density at radius 2 is 1.93 bits per heavy atom. The first-order chi connectivity index (χ1) is 13.1. The largest absolute Gasteiger partial charge is 0.376 e. The zero-order chi connectivity index (χ0) is 18.8. The number of rotatable bonds is 5. The molecule has 1 aromatic carbocycles. The molecule has 1 aliphatic heterocycles. The van der Waals surface area contributed by atoms with Crippen LogP contribution in [0.5, 0.6) is 0 Å². The highest BCUT2D eigenvalue weighted by Crippen LogP contribution is 2.31. The number of hydrogen-bond acceptors (Lipinski definition) is 4. The predicted molar refractivity (Wildman–Crippen MR) is 100 cm³/mol. The van der Waals surface area contributed by atoms with Gasteiger partial charge in [-0.05, 0) is 56.2 Å². The van der Waals surface area contributed by atoms with Gasteiger partial charge in [-0.25, -0.2) is 13.6 Å². The lowest BCUT2D eigenvalue weighted by Gasteiger charge is -2.24. The molecule has 7 heteroatoms. The van der Waals surface area contributed by atoms with E-state index in [2.05, 4.69) is 4.98 Å². The maximum Gasteiger partial charge on any atom is 0.348 e. The summed E-state index contributed by atoms with van der Waals surface area (Å²) in [7, 11) is 0. The molecule has 4 rings (SSSR count). The van der Waals surface area contributed by atoms with Gasteiger partial charge >= 0.3 is 5.69 Å². The monoisotopic (exact) mass is 392 g/mol. The molecule has 0 radical (unpaired) electrons. The Labute approximate surface area is 161 Å². The smallest absolute Gasteiger partial charge is 0.348 e. The van der Waals surface area contributed by atoms with Crippen molar-refractivity contribution < 1.29 is 13.5 Å². The van der Waals surface area contributed by atoms with E-state index >= 15 is 0 Å². The van der Waals surface area contributed by atoms with Gasteiger partial charge in [-0.15, -0.1) is 11.8 Å². The van der Waals surface area contributed by atoms with E-state index in [1.54, 1.807) is 4.57 Å². The summed E-state index contributed by atoms with van der Waals surface area (Å²) < 4.78 is 34.3. The van der Waals surface area contributed by atoms with Crippen molar-refractivity contribution >= 4 is 11.8 Å². The first kappa shape index (κ1) is 18.6. The lowest BCUT2D eigenvalue weighted by Crippen LogP contribution is -2.33. The van der Waals surface area contributed by atoms with Gasteiger partial charge in [0.25, 0.3) is 0 Å². The summed E-state index contributed by atoms with van der Waals surface area (Å²) in [6.07, 6.45) is 5.96. The van der Waals surface area contributed by atoms with Gasteiger partial charge in [0.15, 0.2) is 0 Å². The Hall–Kier alpha value is -1.73. The summed E-state index contributed by atoms with van der Waals surface area (Å²) in [5.74, 6) is -0.802. The first-order valence-corrected chi connectivity index (χ1v) is 10.4. The minimum Gasteiger partial charge on any atom is -0.376 e. The topological polar surface area (TPSA) is 44.1 Å². The van der Waals surface area contributed by atoms with Gasteiger partial charge in [0.1, 0.15) is 16.7 Å². The maximum atomic E-state index is 13.4. The Morgan fingerprint density at radius 1 is 1.15 bits per heavy atom. The molecule has 1 saturated heterocycles. The zero-order valence-electron chi connectivity index (χ0n) is 15.0. The fourth-order valence-electron chi connectivity index (χ4n) is 3.89. The molecule has 2 aromatic rings. The van der Waals surface area contributed by atoms with Crippen LogP contribution in [-0.4, -0.2) is 22.3 Å². The van der Waals surface area contributed by atoms with Crippen molar-refractivity contribution in [1.29, 1.82) is 0 Å². The van der Waals surface area contributed by atoms with Crippen LogP contribution in [0.25, 0.3) is 0 Å². The summed E-state index contributed by atoms with van der Waals surface area (Å²) in [5.41, 5.74) is 2.47. The van der Waals surface area contributed by atoms with E-state index in [1.165, 1.54) is 23.9 Å². The lowest BCUT2D eigenvalue weighted by atomic mass is 9.97. The fraction of sp³-hybridized carbons (Fsp3) is 0.500. The molecule has 0 spiro atoms. The molecule has 0 bridgehead atoms. The number of hydrogen-bond donors (Lipinski definition) is 0. The second-order valence-electron chi connectivity index (χ2n) is 7.14. The quantitative estimate of drug-likeness (QED) is 0.572. The van der Waals surface area contributed by atoms with E-state index in [0.717, 1.165) is 62.5 Å². The number of thioether (sulfide) groups is 1. The van der Waals surface area contributed by atoms with Crippen molar-refractivity contribution in [1.82, 2.24) is 9.55 Å². The molecule has 0 saturated carbocycles. The molecule has 1 atom stereocenters. The number of nitrogens with zero attached hydrogens (tertiary/aromatic N) is 2. The number of halogens is 2. The highest BCUT2D eigenvalue weighted by Gasteiger charge is 2.24. The van der Waals surface area contributed by atoms with Crippen LogP contribution in [0.3, 0.4) is 0 Å². The van der Waals surface area contributed by atoms with Crippen molar-refractivity contribution in [2.24, 2.45) is 0 Å². The third-order valence-corrected chi connectivity index (χ3v) is 6.25. The SMILES string of the molecule is O=c1nc(SCc2cc(F)cc(F)c2)c2c(n1CC1CCCO1)CCCC2. The first-order valence-electron chi connectivity index (χ1n) is 9.42. The van der Waals surface area contributed by atoms with Crippen LogP contribution in [0.15, 0.2) is 28.0 Å². The van der Waals surface area contributed by atoms with Gasteiger partial charge in [-0.3, -0.25) is 4.57 Å². The Kier molecular flexibility index (Phi) is 5.59. The van der Waals surface area contributed by atoms with Gasteiger partial charge < -0.3 is 4.74 Å². The van der Waals surface area contributed by atoms with Crippen molar-refractivity contribution in [3.05, 3.63) is 57.1 Å². The normalized spacial score (nSPS) is 19.3. The molecule has 1 aromatic heterocycles. The van der Waals surface area contributed by atoms with E-state index in [9.17, 15) is 13.6 Å². The van der Waals surface area contributed by atoms with E-state index in [4.69, 9.17) is 4.74 Å². The van der Waals surface area contributed by atoms with Crippen molar-refractivity contribution in [3.8, 4) is 0 Å². The molecule has 27 heavy (non-hydrogen) atoms. The van der Waals surface area contributed by atoms with Crippen molar-refractivity contribution in [3.63, 3.8) is 0 Å². The number of aromatic nitrogens is 2. The van der Waals surface area contributed by atoms with Gasteiger partial charge in [-0.2, -0.15) is 4.98 Å². The average Bonchev–Trinajstić information content (AvgIpc) is 3.15. The van der Waals surface area contributed by atoms with Crippen LogP contribution in [0.4, 0.5) is 8.78 Å².